The largest absolute Gasteiger partial charge is 0.493 e. The average molecular weight is 490 g/mol. The molecule has 6 nitrogen and oxygen atoms in total. The number of ether oxygens (including phenoxy) is 2. The zero-order valence-electron chi connectivity index (χ0n) is 17.3. The highest BCUT2D eigenvalue weighted by Gasteiger charge is 2.12. The van der Waals surface area contributed by atoms with Gasteiger partial charge in [-0.25, -0.2) is 5.43 Å². The molecule has 0 radical (unpaired) electrons. The van der Waals surface area contributed by atoms with Gasteiger partial charge in [-0.05, 0) is 62.1 Å². The molecule has 0 atom stereocenters. The lowest BCUT2D eigenvalue weighted by atomic mass is 10.1. The molecule has 0 aliphatic rings. The maximum Gasteiger partial charge on any atom is 0.272 e. The van der Waals surface area contributed by atoms with Gasteiger partial charge in [0.2, 0.25) is 0 Å². The number of nitrogens with zero attached hydrogens (tertiary/aromatic N) is 2. The van der Waals surface area contributed by atoms with Crippen molar-refractivity contribution in [3.05, 3.63) is 100 Å². The van der Waals surface area contributed by atoms with Crippen LogP contribution in [0.4, 0.5) is 0 Å². The molecule has 3 aromatic carbocycles. The Bertz CT molecular complexity index is 1270. The predicted molar refractivity (Wildman–Crippen MR) is 128 cm³/mol. The van der Waals surface area contributed by atoms with E-state index in [0.29, 0.717) is 23.7 Å². The zero-order valence-corrected chi connectivity index (χ0v) is 18.9. The molecular formula is C25H20BrN3O3. The first kappa shape index (κ1) is 21.5. The fourth-order valence-corrected chi connectivity index (χ4v) is 3.82. The standard InChI is InChI=1S/C25H20BrN3O3/c1-31-23-13-17(14-28-29-25(30)19-9-5-11-27-15-19)12-22(26)24(23)32-16-20-8-4-7-18-6-2-3-10-21(18)20/h2-15H,16H2,1H3,(H,29,30)/b28-14-. The molecule has 0 aliphatic carbocycles. The number of fused-ring (bicyclic) bond motifs is 1. The monoisotopic (exact) mass is 489 g/mol. The Hall–Kier alpha value is -3.71. The van der Waals surface area contributed by atoms with Gasteiger partial charge >= 0.3 is 0 Å². The number of methoxy groups -OCH3 is 1. The molecule has 1 amide bonds. The topological polar surface area (TPSA) is 72.8 Å². The number of hydrogen-bond donors (Lipinski definition) is 1. The number of benzene rings is 3. The molecule has 4 rings (SSSR count). The molecule has 0 unspecified atom stereocenters. The number of rotatable bonds is 7. The lowest BCUT2D eigenvalue weighted by Crippen LogP contribution is -2.17. The Balaban J connectivity index is 1.49. The summed E-state index contributed by atoms with van der Waals surface area (Å²) in [5.74, 6) is 0.812. The minimum atomic E-state index is -0.338. The van der Waals surface area contributed by atoms with Gasteiger partial charge in [0.05, 0.1) is 23.4 Å². The van der Waals surface area contributed by atoms with Crippen LogP contribution in [-0.4, -0.2) is 24.2 Å². The second-order valence-electron chi connectivity index (χ2n) is 6.90. The van der Waals surface area contributed by atoms with E-state index in [-0.39, 0.29) is 5.91 Å². The highest BCUT2D eigenvalue weighted by molar-refractivity contribution is 9.10. The van der Waals surface area contributed by atoms with E-state index in [2.05, 4.69) is 55.7 Å². The van der Waals surface area contributed by atoms with Crippen molar-refractivity contribution in [1.29, 1.82) is 0 Å². The van der Waals surface area contributed by atoms with E-state index in [9.17, 15) is 4.79 Å². The second kappa shape index (κ2) is 10.1. The number of hydrazone groups is 1. The third-order valence-corrected chi connectivity index (χ3v) is 5.40. The number of carbonyl (C=O) groups is 1. The van der Waals surface area contributed by atoms with Crippen molar-refractivity contribution in [1.82, 2.24) is 10.4 Å². The summed E-state index contributed by atoms with van der Waals surface area (Å²) < 4.78 is 12.4. The van der Waals surface area contributed by atoms with Crippen LogP contribution in [0, 0.1) is 0 Å². The Morgan fingerprint density at radius 2 is 1.97 bits per heavy atom. The first-order chi connectivity index (χ1) is 15.7. The Kier molecular flexibility index (Phi) is 6.77. The molecule has 0 saturated heterocycles. The van der Waals surface area contributed by atoms with Gasteiger partial charge in [-0.2, -0.15) is 5.10 Å². The molecule has 32 heavy (non-hydrogen) atoms. The molecule has 0 bridgehead atoms. The average Bonchev–Trinajstić information content (AvgIpc) is 2.83. The molecule has 1 aromatic heterocycles. The molecular weight excluding hydrogens is 470 g/mol. The van der Waals surface area contributed by atoms with Crippen LogP contribution in [0.15, 0.2) is 88.7 Å². The fraction of sp³-hybridized carbons (Fsp3) is 0.0800. The highest BCUT2D eigenvalue weighted by Crippen LogP contribution is 2.37. The molecule has 0 aliphatic heterocycles. The molecule has 0 fully saturated rings. The Morgan fingerprint density at radius 1 is 1.12 bits per heavy atom. The zero-order chi connectivity index (χ0) is 22.3. The molecule has 1 heterocycles. The van der Waals surface area contributed by atoms with Gasteiger partial charge in [-0.1, -0.05) is 42.5 Å². The van der Waals surface area contributed by atoms with Crippen molar-refractivity contribution in [3.8, 4) is 11.5 Å². The highest BCUT2D eigenvalue weighted by atomic mass is 79.9. The summed E-state index contributed by atoms with van der Waals surface area (Å²) in [7, 11) is 1.58. The van der Waals surface area contributed by atoms with Crippen LogP contribution in [-0.2, 0) is 6.61 Å². The first-order valence-corrected chi connectivity index (χ1v) is 10.7. The normalized spacial score (nSPS) is 10.9. The lowest BCUT2D eigenvalue weighted by Gasteiger charge is -2.14. The van der Waals surface area contributed by atoms with Gasteiger partial charge in [0, 0.05) is 12.4 Å². The van der Waals surface area contributed by atoms with E-state index >= 15 is 0 Å². The predicted octanol–water partition coefficient (Wildman–Crippen LogP) is 5.35. The number of amides is 1. The van der Waals surface area contributed by atoms with Crippen LogP contribution in [0.1, 0.15) is 21.5 Å². The van der Waals surface area contributed by atoms with E-state index < -0.39 is 0 Å². The van der Waals surface area contributed by atoms with Crippen molar-refractivity contribution in [2.24, 2.45) is 5.10 Å². The SMILES string of the molecule is COc1cc(/C=N\NC(=O)c2cccnc2)cc(Br)c1OCc1cccc2ccccc12. The van der Waals surface area contributed by atoms with Gasteiger partial charge in [0.1, 0.15) is 6.61 Å². The number of nitrogens with one attached hydrogen (secondary N) is 1. The van der Waals surface area contributed by atoms with Gasteiger partial charge in [0.25, 0.3) is 5.91 Å². The van der Waals surface area contributed by atoms with Gasteiger partial charge in [-0.3, -0.25) is 9.78 Å². The van der Waals surface area contributed by atoms with E-state index in [0.717, 1.165) is 21.0 Å². The number of carbonyl (C=O) groups excluding carboxylic acids is 1. The van der Waals surface area contributed by atoms with Crippen LogP contribution in [0.3, 0.4) is 0 Å². The van der Waals surface area contributed by atoms with Crippen LogP contribution < -0.4 is 14.9 Å². The molecule has 160 valence electrons. The van der Waals surface area contributed by atoms with Crippen molar-refractivity contribution < 1.29 is 14.3 Å². The van der Waals surface area contributed by atoms with Gasteiger partial charge < -0.3 is 9.47 Å². The smallest absolute Gasteiger partial charge is 0.272 e. The summed E-state index contributed by atoms with van der Waals surface area (Å²) in [6.45, 7) is 0.394. The van der Waals surface area contributed by atoms with Crippen LogP contribution >= 0.6 is 15.9 Å². The van der Waals surface area contributed by atoms with Crippen molar-refractivity contribution in [3.63, 3.8) is 0 Å². The summed E-state index contributed by atoms with van der Waals surface area (Å²) in [4.78, 5) is 16.0. The van der Waals surface area contributed by atoms with Crippen molar-refractivity contribution in [2.45, 2.75) is 6.61 Å². The van der Waals surface area contributed by atoms with Gasteiger partial charge in [-0.15, -0.1) is 0 Å². The number of hydrogen-bond acceptors (Lipinski definition) is 5. The minimum Gasteiger partial charge on any atom is -0.493 e. The third kappa shape index (κ3) is 4.95. The Morgan fingerprint density at radius 3 is 2.78 bits per heavy atom. The van der Waals surface area contributed by atoms with Crippen LogP contribution in [0.25, 0.3) is 10.8 Å². The fourth-order valence-electron chi connectivity index (χ4n) is 3.25. The molecule has 4 aromatic rings. The summed E-state index contributed by atoms with van der Waals surface area (Å²) >= 11 is 3.56. The number of halogens is 1. The van der Waals surface area contributed by atoms with Crippen LogP contribution in [0.5, 0.6) is 11.5 Å². The lowest BCUT2D eigenvalue weighted by molar-refractivity contribution is 0.0955. The van der Waals surface area contributed by atoms with Crippen molar-refractivity contribution in [2.75, 3.05) is 7.11 Å². The summed E-state index contributed by atoms with van der Waals surface area (Å²) in [5, 5.41) is 6.34. The summed E-state index contributed by atoms with van der Waals surface area (Å²) in [5.41, 5.74) is 4.73. The van der Waals surface area contributed by atoms with E-state index in [1.165, 1.54) is 17.8 Å². The number of pyridine rings is 1. The van der Waals surface area contributed by atoms with E-state index in [4.69, 9.17) is 9.47 Å². The molecule has 1 N–H and O–H groups in total. The quantitative estimate of drug-likeness (QED) is 0.280. The van der Waals surface area contributed by atoms with E-state index in [1.54, 1.807) is 31.5 Å². The Labute approximate surface area is 194 Å². The second-order valence-corrected chi connectivity index (χ2v) is 7.76. The van der Waals surface area contributed by atoms with E-state index in [1.807, 2.05) is 24.3 Å². The molecule has 0 saturated carbocycles. The molecule has 0 spiro atoms. The van der Waals surface area contributed by atoms with Crippen LogP contribution in [0.2, 0.25) is 0 Å². The summed E-state index contributed by atoms with van der Waals surface area (Å²) in [6.07, 6.45) is 4.62. The van der Waals surface area contributed by atoms with Crippen molar-refractivity contribution >= 4 is 38.8 Å². The molecule has 7 heteroatoms. The first-order valence-electron chi connectivity index (χ1n) is 9.86. The third-order valence-electron chi connectivity index (χ3n) is 4.81. The maximum absolute atomic E-state index is 12.1. The number of aromatic nitrogens is 1. The summed E-state index contributed by atoms with van der Waals surface area (Å²) in [6, 6.07) is 21.4. The maximum atomic E-state index is 12.1. The van der Waals surface area contributed by atoms with Gasteiger partial charge in [0.15, 0.2) is 11.5 Å². The minimum absolute atomic E-state index is 0.338.